The van der Waals surface area contributed by atoms with Crippen molar-refractivity contribution in [3.63, 3.8) is 0 Å². The van der Waals surface area contributed by atoms with E-state index < -0.39 is 0 Å². The van der Waals surface area contributed by atoms with Crippen LogP contribution in [0.1, 0.15) is 11.1 Å². The summed E-state index contributed by atoms with van der Waals surface area (Å²) in [5, 5.41) is 20.2. The van der Waals surface area contributed by atoms with Gasteiger partial charge in [-0.05, 0) is 16.8 Å². The third-order valence-corrected chi connectivity index (χ3v) is 1.60. The van der Waals surface area contributed by atoms with Crippen LogP contribution in [0.4, 0.5) is 5.69 Å². The number of hydrogen-bond donors (Lipinski definition) is 2. The van der Waals surface area contributed by atoms with Crippen molar-refractivity contribution in [2.75, 3.05) is 0 Å². The summed E-state index contributed by atoms with van der Waals surface area (Å²) < 4.78 is 0. The number of benzene rings is 1. The van der Waals surface area contributed by atoms with E-state index in [9.17, 15) is 4.91 Å². The molecule has 0 aromatic heterocycles. The Bertz CT molecular complexity index is 286. The molecule has 0 aliphatic carbocycles. The molecule has 1 rings (SSSR count). The van der Waals surface area contributed by atoms with Crippen LogP contribution in [0, 0.1) is 4.91 Å². The van der Waals surface area contributed by atoms with Crippen molar-refractivity contribution in [2.24, 2.45) is 5.18 Å². The Morgan fingerprint density at radius 2 is 2.00 bits per heavy atom. The quantitative estimate of drug-likeness (QED) is 0.661. The van der Waals surface area contributed by atoms with Crippen molar-refractivity contribution in [3.05, 3.63) is 34.2 Å². The third kappa shape index (κ3) is 1.66. The van der Waals surface area contributed by atoms with Crippen LogP contribution in [-0.4, -0.2) is 10.2 Å². The molecule has 0 unspecified atom stereocenters. The summed E-state index contributed by atoms with van der Waals surface area (Å²) in [5.74, 6) is 0. The molecule has 4 heteroatoms. The van der Waals surface area contributed by atoms with E-state index in [2.05, 4.69) is 5.18 Å². The molecule has 0 fully saturated rings. The van der Waals surface area contributed by atoms with Gasteiger partial charge in [0.25, 0.3) is 0 Å². The van der Waals surface area contributed by atoms with Gasteiger partial charge in [-0.15, -0.1) is 4.91 Å². The lowest BCUT2D eigenvalue weighted by Gasteiger charge is -2.01. The summed E-state index contributed by atoms with van der Waals surface area (Å²) >= 11 is 0. The Morgan fingerprint density at radius 3 is 2.50 bits per heavy atom. The van der Waals surface area contributed by atoms with Crippen LogP contribution < -0.4 is 0 Å². The van der Waals surface area contributed by atoms with Crippen molar-refractivity contribution in [1.29, 1.82) is 0 Å². The SMILES string of the molecule is O=Nc1cc(CO)ccc1CO. The minimum atomic E-state index is -0.215. The summed E-state index contributed by atoms with van der Waals surface area (Å²) in [5.41, 5.74) is 1.27. The topological polar surface area (TPSA) is 69.9 Å². The first kappa shape index (κ1) is 8.83. The van der Waals surface area contributed by atoms with Crippen molar-refractivity contribution in [1.82, 2.24) is 0 Å². The Morgan fingerprint density at radius 1 is 1.25 bits per heavy atom. The van der Waals surface area contributed by atoms with Crippen LogP contribution in [0.3, 0.4) is 0 Å². The molecule has 4 nitrogen and oxygen atoms in total. The number of rotatable bonds is 3. The molecule has 0 spiro atoms. The van der Waals surface area contributed by atoms with Gasteiger partial charge in [0.15, 0.2) is 0 Å². The highest BCUT2D eigenvalue weighted by atomic mass is 16.3. The van der Waals surface area contributed by atoms with Crippen LogP contribution in [0.5, 0.6) is 0 Å². The van der Waals surface area contributed by atoms with Gasteiger partial charge in [-0.25, -0.2) is 0 Å². The molecule has 0 amide bonds. The largest absolute Gasteiger partial charge is 0.392 e. The molecule has 0 saturated carbocycles. The molecule has 0 saturated heterocycles. The first-order valence-corrected chi connectivity index (χ1v) is 3.48. The zero-order valence-corrected chi connectivity index (χ0v) is 6.40. The lowest BCUT2D eigenvalue weighted by atomic mass is 10.1. The van der Waals surface area contributed by atoms with Crippen LogP contribution >= 0.6 is 0 Å². The van der Waals surface area contributed by atoms with E-state index in [0.717, 1.165) is 0 Å². The molecule has 1 aromatic carbocycles. The standard InChI is InChI=1S/C8H9NO3/c10-4-6-1-2-7(5-11)8(3-6)9-12/h1-3,10-11H,4-5H2. The van der Waals surface area contributed by atoms with Gasteiger partial charge in [0.2, 0.25) is 0 Å². The van der Waals surface area contributed by atoms with Gasteiger partial charge in [0.05, 0.1) is 13.2 Å². The smallest absolute Gasteiger partial charge is 0.113 e. The van der Waals surface area contributed by atoms with Gasteiger partial charge in [-0.3, -0.25) is 0 Å². The Hall–Kier alpha value is -1.26. The molecule has 64 valence electrons. The van der Waals surface area contributed by atoms with Crippen LogP contribution in [-0.2, 0) is 13.2 Å². The van der Waals surface area contributed by atoms with E-state index in [1.165, 1.54) is 6.07 Å². The van der Waals surface area contributed by atoms with E-state index in [1.54, 1.807) is 12.1 Å². The maximum Gasteiger partial charge on any atom is 0.113 e. The van der Waals surface area contributed by atoms with E-state index in [1.807, 2.05) is 0 Å². The fourth-order valence-electron chi connectivity index (χ4n) is 0.926. The lowest BCUT2D eigenvalue weighted by molar-refractivity contribution is 0.278. The van der Waals surface area contributed by atoms with Gasteiger partial charge in [0.1, 0.15) is 5.69 Å². The maximum absolute atomic E-state index is 10.2. The van der Waals surface area contributed by atoms with Gasteiger partial charge in [0, 0.05) is 5.56 Å². The summed E-state index contributed by atoms with van der Waals surface area (Å²) in [6.07, 6.45) is 0. The molecule has 2 N–H and O–H groups in total. The predicted octanol–water partition coefficient (Wildman–Crippen LogP) is 1.07. The summed E-state index contributed by atoms with van der Waals surface area (Å²) in [6.45, 7) is -0.346. The zero-order valence-electron chi connectivity index (χ0n) is 6.40. The lowest BCUT2D eigenvalue weighted by Crippen LogP contribution is -1.87. The normalized spacial score (nSPS) is 9.83. The molecule has 0 radical (unpaired) electrons. The average Bonchev–Trinajstić information content (AvgIpc) is 2.16. The molecule has 12 heavy (non-hydrogen) atoms. The minimum Gasteiger partial charge on any atom is -0.392 e. The zero-order chi connectivity index (χ0) is 8.97. The van der Waals surface area contributed by atoms with Crippen molar-refractivity contribution in [2.45, 2.75) is 13.2 Å². The number of aliphatic hydroxyl groups is 2. The fourth-order valence-corrected chi connectivity index (χ4v) is 0.926. The fraction of sp³-hybridized carbons (Fsp3) is 0.250. The van der Waals surface area contributed by atoms with Crippen molar-refractivity contribution < 1.29 is 10.2 Å². The molecule has 0 aliphatic rings. The highest BCUT2D eigenvalue weighted by Gasteiger charge is 2.02. The molecule has 0 bridgehead atoms. The second kappa shape index (κ2) is 3.94. The van der Waals surface area contributed by atoms with Gasteiger partial charge >= 0.3 is 0 Å². The second-order valence-corrected chi connectivity index (χ2v) is 2.37. The Labute approximate surface area is 69.4 Å². The monoisotopic (exact) mass is 167 g/mol. The molecular weight excluding hydrogens is 158 g/mol. The number of nitroso groups, excluding NO2 is 1. The van der Waals surface area contributed by atoms with Crippen LogP contribution in [0.2, 0.25) is 0 Å². The highest BCUT2D eigenvalue weighted by molar-refractivity contribution is 5.47. The van der Waals surface area contributed by atoms with E-state index in [0.29, 0.717) is 11.1 Å². The summed E-state index contributed by atoms with van der Waals surface area (Å²) in [6, 6.07) is 4.67. The predicted molar refractivity (Wildman–Crippen MR) is 43.7 cm³/mol. The first-order valence-electron chi connectivity index (χ1n) is 3.48. The van der Waals surface area contributed by atoms with E-state index in [-0.39, 0.29) is 18.9 Å². The summed E-state index contributed by atoms with van der Waals surface area (Å²) in [7, 11) is 0. The van der Waals surface area contributed by atoms with E-state index in [4.69, 9.17) is 10.2 Å². The molecule has 0 aliphatic heterocycles. The number of hydrogen-bond acceptors (Lipinski definition) is 4. The van der Waals surface area contributed by atoms with Gasteiger partial charge < -0.3 is 10.2 Å². The van der Waals surface area contributed by atoms with E-state index >= 15 is 0 Å². The van der Waals surface area contributed by atoms with Gasteiger partial charge in [-0.1, -0.05) is 12.1 Å². The van der Waals surface area contributed by atoms with Gasteiger partial charge in [-0.2, -0.15) is 0 Å². The Balaban J connectivity index is 3.10. The molecule has 0 atom stereocenters. The van der Waals surface area contributed by atoms with Crippen LogP contribution in [0.15, 0.2) is 23.4 Å². The first-order chi connectivity index (χ1) is 5.81. The average molecular weight is 167 g/mol. The number of nitrogens with zero attached hydrogens (tertiary/aromatic N) is 1. The number of aliphatic hydroxyl groups excluding tert-OH is 2. The maximum atomic E-state index is 10.2. The summed E-state index contributed by atoms with van der Waals surface area (Å²) in [4.78, 5) is 10.2. The highest BCUT2D eigenvalue weighted by Crippen LogP contribution is 2.20. The Kier molecular flexibility index (Phi) is 2.90. The van der Waals surface area contributed by atoms with Crippen molar-refractivity contribution in [3.8, 4) is 0 Å². The molecule has 1 aromatic rings. The van der Waals surface area contributed by atoms with Crippen molar-refractivity contribution >= 4 is 5.69 Å². The minimum absolute atomic E-state index is 0.131. The van der Waals surface area contributed by atoms with Crippen LogP contribution in [0.25, 0.3) is 0 Å². The molecular formula is C8H9NO3. The third-order valence-electron chi connectivity index (χ3n) is 1.60. The second-order valence-electron chi connectivity index (χ2n) is 2.37. The molecule has 0 heterocycles.